The molecule has 0 rings (SSSR count). The molecule has 6 heteroatoms. The summed E-state index contributed by atoms with van der Waals surface area (Å²) < 4.78 is 5.04. The molecule has 0 aromatic carbocycles. The fraction of sp³-hybridized carbons (Fsp3) is 0.778. The maximum absolute atomic E-state index is 10.8. The number of ether oxygens (including phenoxy) is 1. The highest BCUT2D eigenvalue weighted by atomic mass is 16.5. The SMILES string of the molecule is CC(=O)OC(CCCNC(=N)N)C(C)N. The van der Waals surface area contributed by atoms with Gasteiger partial charge >= 0.3 is 5.97 Å². The van der Waals surface area contributed by atoms with Gasteiger partial charge in [0.05, 0.1) is 0 Å². The van der Waals surface area contributed by atoms with E-state index in [0.29, 0.717) is 13.0 Å². The highest BCUT2D eigenvalue weighted by Gasteiger charge is 2.16. The highest BCUT2D eigenvalue weighted by Crippen LogP contribution is 2.05. The molecule has 2 unspecified atom stereocenters. The Morgan fingerprint density at radius 3 is 2.60 bits per heavy atom. The molecule has 0 saturated heterocycles. The maximum atomic E-state index is 10.8. The number of nitrogens with two attached hydrogens (primary N) is 2. The second kappa shape index (κ2) is 7.05. The van der Waals surface area contributed by atoms with E-state index in [0.717, 1.165) is 6.42 Å². The van der Waals surface area contributed by atoms with Crippen molar-refractivity contribution in [3.63, 3.8) is 0 Å². The molecule has 0 saturated carbocycles. The summed E-state index contributed by atoms with van der Waals surface area (Å²) in [6.45, 7) is 3.75. The molecule has 0 aliphatic rings. The summed E-state index contributed by atoms with van der Waals surface area (Å²) in [5.74, 6) is -0.378. The highest BCUT2D eigenvalue weighted by molar-refractivity contribution is 5.74. The number of esters is 1. The predicted molar refractivity (Wildman–Crippen MR) is 58.4 cm³/mol. The second-order valence-electron chi connectivity index (χ2n) is 3.49. The molecule has 0 aliphatic carbocycles. The molecule has 0 bridgehead atoms. The Balaban J connectivity index is 3.76. The number of nitrogens with one attached hydrogen (secondary N) is 2. The van der Waals surface area contributed by atoms with E-state index in [1.165, 1.54) is 6.92 Å². The number of guanidine groups is 1. The molecule has 6 nitrogen and oxygen atoms in total. The van der Waals surface area contributed by atoms with Gasteiger partial charge in [0.2, 0.25) is 0 Å². The van der Waals surface area contributed by atoms with E-state index in [1.54, 1.807) is 6.92 Å². The first kappa shape index (κ1) is 13.7. The first-order valence-corrected chi connectivity index (χ1v) is 4.94. The molecule has 88 valence electrons. The van der Waals surface area contributed by atoms with Crippen LogP contribution < -0.4 is 16.8 Å². The van der Waals surface area contributed by atoms with Crippen LogP contribution in [0.1, 0.15) is 26.7 Å². The number of carbonyl (C=O) groups excluding carboxylic acids is 1. The Labute approximate surface area is 89.8 Å². The summed E-state index contributed by atoms with van der Waals surface area (Å²) in [6.07, 6.45) is 1.15. The lowest BCUT2D eigenvalue weighted by molar-refractivity contribution is -0.147. The van der Waals surface area contributed by atoms with Crippen LogP contribution in [0.3, 0.4) is 0 Å². The van der Waals surface area contributed by atoms with Crippen LogP contribution in [0.2, 0.25) is 0 Å². The first-order chi connectivity index (χ1) is 6.93. The van der Waals surface area contributed by atoms with Crippen molar-refractivity contribution in [1.29, 1.82) is 5.41 Å². The molecular weight excluding hydrogens is 196 g/mol. The van der Waals surface area contributed by atoms with Crippen molar-refractivity contribution >= 4 is 11.9 Å². The average Bonchev–Trinajstić information content (AvgIpc) is 2.08. The Hall–Kier alpha value is -1.30. The van der Waals surface area contributed by atoms with E-state index in [1.807, 2.05) is 0 Å². The second-order valence-corrected chi connectivity index (χ2v) is 3.49. The van der Waals surface area contributed by atoms with E-state index < -0.39 is 0 Å². The van der Waals surface area contributed by atoms with Crippen LogP contribution in [0.15, 0.2) is 0 Å². The van der Waals surface area contributed by atoms with Crippen molar-refractivity contribution in [1.82, 2.24) is 5.32 Å². The molecule has 0 aliphatic heterocycles. The van der Waals surface area contributed by atoms with Crippen molar-refractivity contribution < 1.29 is 9.53 Å². The molecule has 0 aromatic rings. The summed E-state index contributed by atoms with van der Waals surface area (Å²) in [5, 5.41) is 9.61. The summed E-state index contributed by atoms with van der Waals surface area (Å²) in [7, 11) is 0. The topological polar surface area (TPSA) is 114 Å². The van der Waals surface area contributed by atoms with E-state index in [2.05, 4.69) is 5.32 Å². The average molecular weight is 216 g/mol. The summed E-state index contributed by atoms with van der Waals surface area (Å²) >= 11 is 0. The number of hydrogen-bond acceptors (Lipinski definition) is 4. The van der Waals surface area contributed by atoms with E-state index >= 15 is 0 Å². The fourth-order valence-electron chi connectivity index (χ4n) is 1.17. The standard InChI is InChI=1S/C9H20N4O2/c1-6(10)8(15-7(2)14)4-3-5-13-9(11)12/h6,8H,3-5,10H2,1-2H3,(H4,11,12,13). The van der Waals surface area contributed by atoms with Crippen molar-refractivity contribution in [2.75, 3.05) is 6.54 Å². The van der Waals surface area contributed by atoms with Gasteiger partial charge in [0.1, 0.15) is 6.10 Å². The zero-order valence-electron chi connectivity index (χ0n) is 9.25. The summed E-state index contributed by atoms with van der Waals surface area (Å²) in [6, 6.07) is -0.189. The molecule has 2 atom stereocenters. The van der Waals surface area contributed by atoms with Crippen LogP contribution >= 0.6 is 0 Å². The zero-order chi connectivity index (χ0) is 11.8. The largest absolute Gasteiger partial charge is 0.461 e. The Bertz CT molecular complexity index is 218. The minimum atomic E-state index is -0.322. The predicted octanol–water partition coefficient (Wildman–Crippen LogP) is -0.471. The van der Waals surface area contributed by atoms with Crippen molar-refractivity contribution in [3.8, 4) is 0 Å². The third-order valence-electron chi connectivity index (χ3n) is 1.88. The van der Waals surface area contributed by atoms with Gasteiger partial charge in [-0.3, -0.25) is 10.2 Å². The third-order valence-corrected chi connectivity index (χ3v) is 1.88. The molecule has 6 N–H and O–H groups in total. The molecule has 0 aromatic heterocycles. The Morgan fingerprint density at radius 1 is 1.60 bits per heavy atom. The van der Waals surface area contributed by atoms with Crippen LogP contribution in [0, 0.1) is 5.41 Å². The van der Waals surface area contributed by atoms with Gasteiger partial charge in [-0.15, -0.1) is 0 Å². The Kier molecular flexibility index (Phi) is 6.44. The molecule has 0 heterocycles. The van der Waals surface area contributed by atoms with Crippen molar-refractivity contribution in [2.45, 2.75) is 38.8 Å². The minimum absolute atomic E-state index is 0.0557. The third kappa shape index (κ3) is 7.75. The van der Waals surface area contributed by atoms with Gasteiger partial charge in [-0.1, -0.05) is 0 Å². The van der Waals surface area contributed by atoms with Crippen LogP contribution in [-0.4, -0.2) is 30.6 Å². The molecule has 0 fully saturated rings. The van der Waals surface area contributed by atoms with Gasteiger partial charge < -0.3 is 21.5 Å². The van der Waals surface area contributed by atoms with Gasteiger partial charge in [0.15, 0.2) is 5.96 Å². The smallest absolute Gasteiger partial charge is 0.302 e. The quantitative estimate of drug-likeness (QED) is 0.207. The van der Waals surface area contributed by atoms with Crippen LogP contribution in [0.25, 0.3) is 0 Å². The summed E-state index contributed by atoms with van der Waals surface area (Å²) in [5.41, 5.74) is 10.8. The molecular formula is C9H20N4O2. The van der Waals surface area contributed by atoms with Gasteiger partial charge in [-0.2, -0.15) is 0 Å². The van der Waals surface area contributed by atoms with E-state index in [9.17, 15) is 4.79 Å². The lowest BCUT2D eigenvalue weighted by atomic mass is 10.1. The monoisotopic (exact) mass is 216 g/mol. The van der Waals surface area contributed by atoms with E-state index in [-0.39, 0.29) is 24.1 Å². The molecule has 0 radical (unpaired) electrons. The maximum Gasteiger partial charge on any atom is 0.302 e. The van der Waals surface area contributed by atoms with E-state index in [4.69, 9.17) is 21.6 Å². The van der Waals surface area contributed by atoms with Gasteiger partial charge in [-0.25, -0.2) is 0 Å². The van der Waals surface area contributed by atoms with Crippen LogP contribution in [0.4, 0.5) is 0 Å². The number of carbonyl (C=O) groups is 1. The number of rotatable bonds is 6. The van der Waals surface area contributed by atoms with Gasteiger partial charge in [0.25, 0.3) is 0 Å². The molecule has 0 amide bonds. The normalized spacial score (nSPS) is 14.1. The van der Waals surface area contributed by atoms with Gasteiger partial charge in [0, 0.05) is 19.5 Å². The zero-order valence-corrected chi connectivity index (χ0v) is 9.25. The van der Waals surface area contributed by atoms with Gasteiger partial charge in [-0.05, 0) is 19.8 Å². The lowest BCUT2D eigenvalue weighted by Crippen LogP contribution is -2.36. The van der Waals surface area contributed by atoms with Crippen LogP contribution in [0.5, 0.6) is 0 Å². The minimum Gasteiger partial charge on any atom is -0.461 e. The summed E-state index contributed by atoms with van der Waals surface area (Å²) in [4.78, 5) is 10.8. The molecule has 0 spiro atoms. The van der Waals surface area contributed by atoms with Crippen molar-refractivity contribution in [3.05, 3.63) is 0 Å². The fourth-order valence-corrected chi connectivity index (χ4v) is 1.17. The lowest BCUT2D eigenvalue weighted by Gasteiger charge is -2.20. The molecule has 15 heavy (non-hydrogen) atoms. The number of hydrogen-bond donors (Lipinski definition) is 4. The first-order valence-electron chi connectivity index (χ1n) is 4.94. The van der Waals surface area contributed by atoms with Crippen molar-refractivity contribution in [2.24, 2.45) is 11.5 Å². The Morgan fingerprint density at radius 2 is 2.20 bits per heavy atom. The van der Waals surface area contributed by atoms with Crippen LogP contribution in [-0.2, 0) is 9.53 Å².